The number of carbonyl (C=O) groups excluding carboxylic acids is 6. The summed E-state index contributed by atoms with van der Waals surface area (Å²) in [5.41, 5.74) is 19.3. The summed E-state index contributed by atoms with van der Waals surface area (Å²) in [4.78, 5) is 89.3. The van der Waals surface area contributed by atoms with Crippen molar-refractivity contribution in [1.29, 1.82) is 0 Å². The first-order valence-electron chi connectivity index (χ1n) is 37.4. The van der Waals surface area contributed by atoms with Crippen LogP contribution < -0.4 is 41.7 Å². The SMILES string of the molecule is CO[C@@H]1/C=C/C=C(\C)Cc2cc(C)c(Cl)c(c2)N(C)C(=O)C[C@H](OC(=O)Nc2cc(N3CCCC3)c(N)cc2C)[C@]2(C)O[C@H]2[C@H](C)[C@@H]2C[C@@]1(O)CC(=O)O2.CO[C@@H]1/C=C/C=C(\C)Cc2cc(C)c(Cl)c(c2)N(C)C(=O)C[C@H](OC(=O)Nc2cc(N3CCOCC3)c(N)cc2C)[C@]2(C)O[C@H]2[C@H](C)[C@@H]2C[C@@]1(O)CC(=O)O2. The Hall–Kier alpha value is -8.24. The van der Waals surface area contributed by atoms with E-state index >= 15 is 0 Å². The van der Waals surface area contributed by atoms with Gasteiger partial charge in [-0.25, -0.2) is 9.59 Å². The zero-order valence-corrected chi connectivity index (χ0v) is 66.4. The molecule has 25 nitrogen and oxygen atoms in total. The molecule has 6 fully saturated rings. The number of fused-ring (bicyclic) bond motifs is 10. The van der Waals surface area contributed by atoms with Crippen molar-refractivity contribution in [3.05, 3.63) is 140 Å². The van der Waals surface area contributed by atoms with Crippen LogP contribution in [0.4, 0.5) is 55.1 Å². The predicted molar refractivity (Wildman–Crippen MR) is 420 cm³/mol. The minimum absolute atomic E-state index is 0.0839. The van der Waals surface area contributed by atoms with Crippen LogP contribution >= 0.6 is 23.2 Å². The van der Waals surface area contributed by atoms with Gasteiger partial charge in [-0.2, -0.15) is 0 Å². The molecule has 0 radical (unpaired) electrons. The third-order valence-corrected chi connectivity index (χ3v) is 23.9. The highest BCUT2D eigenvalue weighted by molar-refractivity contribution is 6.35. The Morgan fingerprint density at radius 3 is 1.33 bits per heavy atom. The summed E-state index contributed by atoms with van der Waals surface area (Å²) >= 11 is 13.6. The summed E-state index contributed by atoms with van der Waals surface area (Å²) in [6, 6.07) is 15.0. The number of aliphatic hydroxyl groups is 2. The van der Waals surface area contributed by atoms with Crippen LogP contribution in [0.2, 0.25) is 10.0 Å². The number of esters is 2. The smallest absolute Gasteiger partial charge is 0.412 e. The molecule has 0 unspecified atom stereocenters. The highest BCUT2D eigenvalue weighted by Gasteiger charge is 2.66. The maximum absolute atomic E-state index is 14.2. The van der Waals surface area contributed by atoms with Gasteiger partial charge in [0, 0.05) is 90.5 Å². The van der Waals surface area contributed by atoms with Gasteiger partial charge in [0.1, 0.15) is 59.0 Å². The van der Waals surface area contributed by atoms with E-state index in [1.54, 1.807) is 46.2 Å². The summed E-state index contributed by atoms with van der Waals surface area (Å²) < 4.78 is 53.5. The van der Waals surface area contributed by atoms with Crippen LogP contribution in [0.1, 0.15) is 126 Å². The van der Waals surface area contributed by atoms with Gasteiger partial charge in [-0.3, -0.25) is 29.8 Å². The largest absolute Gasteiger partial charge is 0.462 e. The first-order chi connectivity index (χ1) is 51.5. The number of nitrogen functional groups attached to an aromatic ring is 2. The number of allylic oxidation sites excluding steroid dienone is 6. The van der Waals surface area contributed by atoms with Crippen LogP contribution in [0.5, 0.6) is 0 Å². The van der Waals surface area contributed by atoms with Crippen LogP contribution in [0.3, 0.4) is 0 Å². The Morgan fingerprint density at radius 2 is 0.945 bits per heavy atom. The molecule has 8 bridgehead atoms. The first-order valence-corrected chi connectivity index (χ1v) is 38.2. The average Bonchev–Trinajstić information content (AvgIpc) is 1.58. The zero-order chi connectivity index (χ0) is 78.9. The number of nitrogens with one attached hydrogen (secondary N) is 2. The normalized spacial score (nSPS) is 31.9. The molecule has 8 N–H and O–H groups in total. The molecule has 590 valence electrons. The number of anilines is 8. The van der Waals surface area contributed by atoms with Crippen molar-refractivity contribution in [2.75, 3.05) is 109 Å². The summed E-state index contributed by atoms with van der Waals surface area (Å²) in [7, 11) is 6.29. The number of aryl methyl sites for hydroxylation is 4. The van der Waals surface area contributed by atoms with Gasteiger partial charge in [0.2, 0.25) is 11.8 Å². The minimum Gasteiger partial charge on any atom is -0.462 e. The second-order valence-electron chi connectivity index (χ2n) is 31.2. The van der Waals surface area contributed by atoms with Crippen molar-refractivity contribution < 1.29 is 81.6 Å². The van der Waals surface area contributed by atoms with Crippen LogP contribution in [0.25, 0.3) is 0 Å². The number of nitrogens with two attached hydrogens (primary N) is 2. The number of carbonyl (C=O) groups is 6. The minimum atomic E-state index is -1.55. The Morgan fingerprint density at radius 1 is 0.560 bits per heavy atom. The monoisotopic (exact) mass is 1540 g/mol. The Kier molecular flexibility index (Phi) is 25.0. The van der Waals surface area contributed by atoms with Gasteiger partial charge < -0.3 is 83.9 Å². The molecule has 0 spiro atoms. The lowest BCUT2D eigenvalue weighted by Gasteiger charge is -2.41. The van der Waals surface area contributed by atoms with Crippen LogP contribution in [-0.2, 0) is 74.7 Å². The standard InChI is InChI=1S/C41H53ClN4O9.C41H53ClN4O8/c1-23-9-8-10-33(51-7)41(50)21-32(53-36(48)22-41)26(4)38-40(5,55-38)34(20-35(47)45(6)31-18-27(15-23)16-25(3)37(31)42)54-39(49)44-29-19-30(28(43)17-24(29)2)46-11-13-52-14-12-46;1-23-11-10-12-33(51-7)41(50)21-32(52-36(48)22-41)26(4)38-40(5,54-38)34(20-35(47)45(6)31-18-27(15-23)16-25(3)37(31)42)53-39(49)44-29-19-30(28(43)17-24(29)2)46-13-8-9-14-46/h8-10,16-19,26,32-34,38,50H,11-15,20-22,43H2,1-7H3,(H,44,49);10-12,16-19,26,32-34,38,50H,8-9,13-15,20-22,43H2,1-7H3,(H,44,49)/b10-8+,23-9+;12-10+,23-11+/t2*26-,32+,33-,34+,38+,40+,41-/m11/s1. The van der Waals surface area contributed by atoms with E-state index in [1.165, 1.54) is 24.0 Å². The number of hydrogen-bond acceptors (Lipinski definition) is 21. The second-order valence-corrected chi connectivity index (χ2v) is 32.0. The van der Waals surface area contributed by atoms with Crippen LogP contribution in [0.15, 0.2) is 96.1 Å². The van der Waals surface area contributed by atoms with Crippen molar-refractivity contribution in [3.8, 4) is 0 Å². The molecule has 109 heavy (non-hydrogen) atoms. The summed E-state index contributed by atoms with van der Waals surface area (Å²) in [6.45, 7) is 22.9. The van der Waals surface area contributed by atoms with Gasteiger partial charge in [0.05, 0.1) is 95.3 Å². The van der Waals surface area contributed by atoms with E-state index < -0.39 is 107 Å². The van der Waals surface area contributed by atoms with E-state index in [9.17, 15) is 39.0 Å². The lowest BCUT2D eigenvalue weighted by molar-refractivity contribution is -0.188. The molecule has 0 aliphatic carbocycles. The molecule has 27 heteroatoms. The molecule has 0 saturated carbocycles. The quantitative estimate of drug-likeness (QED) is 0.0413. The van der Waals surface area contributed by atoms with Gasteiger partial charge >= 0.3 is 24.1 Å². The molecular weight excluding hydrogens is 1440 g/mol. The number of nitrogens with zero attached hydrogens (tertiary/aromatic N) is 4. The maximum atomic E-state index is 14.2. The molecule has 8 aliphatic heterocycles. The number of epoxide rings is 2. The fourth-order valence-corrected chi connectivity index (χ4v) is 16.8. The zero-order valence-electron chi connectivity index (χ0n) is 64.9. The average molecular weight is 1550 g/mol. The molecule has 14 atom stereocenters. The van der Waals surface area contributed by atoms with E-state index in [-0.39, 0.29) is 50.3 Å². The molecule has 4 amide bonds. The van der Waals surface area contributed by atoms with Gasteiger partial charge in [-0.15, -0.1) is 0 Å². The molecule has 12 rings (SSSR count). The summed E-state index contributed by atoms with van der Waals surface area (Å²) in [6.07, 6.45) is 5.48. The number of methoxy groups -OCH3 is 2. The molecule has 4 aromatic carbocycles. The third kappa shape index (κ3) is 18.2. The van der Waals surface area contributed by atoms with E-state index in [4.69, 9.17) is 77.3 Å². The van der Waals surface area contributed by atoms with Crippen molar-refractivity contribution in [3.63, 3.8) is 0 Å². The Labute approximate surface area is 648 Å². The van der Waals surface area contributed by atoms with Crippen molar-refractivity contribution in [1.82, 2.24) is 0 Å². The van der Waals surface area contributed by atoms with Gasteiger partial charge in [-0.05, 0) is 151 Å². The molecule has 8 aliphatic rings. The summed E-state index contributed by atoms with van der Waals surface area (Å²) in [5, 5.41) is 30.4. The lowest BCUT2D eigenvalue weighted by Crippen LogP contribution is -2.53. The van der Waals surface area contributed by atoms with Crippen molar-refractivity contribution >= 4 is 105 Å². The topological polar surface area (TPSA) is 322 Å². The Balaban J connectivity index is 0.000000217. The Bertz CT molecular complexity index is 4270. The van der Waals surface area contributed by atoms with Crippen molar-refractivity contribution in [2.24, 2.45) is 11.8 Å². The highest BCUT2D eigenvalue weighted by atomic mass is 35.5. The number of morpholine rings is 1. The number of ether oxygens (including phenoxy) is 9. The maximum Gasteiger partial charge on any atom is 0.412 e. The molecule has 8 heterocycles. The van der Waals surface area contributed by atoms with Gasteiger partial charge in [0.15, 0.2) is 0 Å². The van der Waals surface area contributed by atoms with Gasteiger partial charge in [0.25, 0.3) is 0 Å². The number of hydrogen-bond donors (Lipinski definition) is 6. The van der Waals surface area contributed by atoms with Gasteiger partial charge in [-0.1, -0.05) is 96.8 Å². The third-order valence-electron chi connectivity index (χ3n) is 22.9. The van der Waals surface area contributed by atoms with E-state index in [0.29, 0.717) is 83.3 Å². The lowest BCUT2D eigenvalue weighted by atomic mass is 9.78. The van der Waals surface area contributed by atoms with Crippen LogP contribution in [0, 0.1) is 39.5 Å². The molecule has 6 saturated heterocycles. The number of rotatable bonds is 8. The van der Waals surface area contributed by atoms with E-state index in [1.807, 2.05) is 122 Å². The van der Waals surface area contributed by atoms with Crippen LogP contribution in [-0.4, -0.2) is 185 Å². The number of benzene rings is 4. The molecule has 0 aromatic heterocycles. The molecule has 4 aromatic rings. The fourth-order valence-electron chi connectivity index (χ4n) is 16.3. The molecular formula is C82H106Cl2N8O17. The van der Waals surface area contributed by atoms with E-state index in [2.05, 4.69) is 20.4 Å². The summed E-state index contributed by atoms with van der Waals surface area (Å²) in [5.74, 6) is -2.73. The van der Waals surface area contributed by atoms with Crippen molar-refractivity contribution in [2.45, 2.75) is 205 Å². The second kappa shape index (κ2) is 33.4. The van der Waals surface area contributed by atoms with E-state index in [0.717, 1.165) is 81.8 Å². The fraction of sp³-hybridized carbons (Fsp3) is 0.537. The predicted octanol–water partition coefficient (Wildman–Crippen LogP) is 12.1. The first kappa shape index (κ1) is 81.7. The number of amides is 4. The highest BCUT2D eigenvalue weighted by Crippen LogP contribution is 2.52. The number of halogens is 2.